The van der Waals surface area contributed by atoms with E-state index in [1.165, 1.54) is 12.1 Å². The molecule has 0 spiro atoms. The maximum atomic E-state index is 12.5. The summed E-state index contributed by atoms with van der Waals surface area (Å²) in [7, 11) is 0. The van der Waals surface area contributed by atoms with Gasteiger partial charge in [0.25, 0.3) is 0 Å². The second kappa shape index (κ2) is 6.61. The van der Waals surface area contributed by atoms with Crippen molar-refractivity contribution in [3.8, 4) is 5.75 Å². The summed E-state index contributed by atoms with van der Waals surface area (Å²) in [5.41, 5.74) is 0.0713. The molecular weight excluding hydrogens is 255 g/mol. The molecule has 0 bridgehead atoms. The average molecular weight is 273 g/mol. The normalized spacial score (nSPS) is 11.7. The topological polar surface area (TPSA) is 21.3 Å². The van der Waals surface area contributed by atoms with Gasteiger partial charge in [-0.3, -0.25) is 0 Å². The van der Waals surface area contributed by atoms with Crippen LogP contribution in [0.3, 0.4) is 0 Å². The Morgan fingerprint density at radius 1 is 1.37 bits per heavy atom. The molecule has 0 radical (unpaired) electrons. The quantitative estimate of drug-likeness (QED) is 0.799. The summed E-state index contributed by atoms with van der Waals surface area (Å²) in [6.07, 6.45) is -4.35. The Bertz CT molecular complexity index is 427. The van der Waals surface area contributed by atoms with Crippen LogP contribution in [0.25, 0.3) is 0 Å². The van der Waals surface area contributed by atoms with Gasteiger partial charge < -0.3 is 10.1 Å². The van der Waals surface area contributed by atoms with Gasteiger partial charge >= 0.3 is 6.18 Å². The summed E-state index contributed by atoms with van der Waals surface area (Å²) in [5.74, 6) is 0.195. The molecule has 0 atom stereocenters. The molecule has 1 rings (SSSR count). The Hall–Kier alpha value is -1.49. The van der Waals surface area contributed by atoms with Crippen LogP contribution in [0.5, 0.6) is 5.75 Å². The van der Waals surface area contributed by atoms with Crippen LogP contribution in [0.4, 0.5) is 13.2 Å². The first kappa shape index (κ1) is 15.6. The summed E-state index contributed by atoms with van der Waals surface area (Å²) in [6.45, 7) is 8.58. The van der Waals surface area contributed by atoms with Gasteiger partial charge in [0.2, 0.25) is 0 Å². The molecule has 0 aliphatic carbocycles. The molecule has 0 fully saturated rings. The lowest BCUT2D eigenvalue weighted by atomic mass is 10.2. The van der Waals surface area contributed by atoms with Crippen LogP contribution in [-0.4, -0.2) is 19.2 Å². The average Bonchev–Trinajstić information content (AvgIpc) is 2.33. The first-order valence-corrected chi connectivity index (χ1v) is 5.99. The minimum absolute atomic E-state index is 0.195. The van der Waals surface area contributed by atoms with Crippen molar-refractivity contribution in [3.05, 3.63) is 42.0 Å². The van der Waals surface area contributed by atoms with Gasteiger partial charge in [-0.2, -0.15) is 13.2 Å². The van der Waals surface area contributed by atoms with Gasteiger partial charge in [0.1, 0.15) is 12.4 Å². The highest BCUT2D eigenvalue weighted by molar-refractivity contribution is 5.30. The third kappa shape index (κ3) is 5.79. The standard InChI is InChI=1S/C14H18F3NO/c1-10(2)18-8-11(3)9-19-13-6-4-5-12(7-13)14(15,16)17/h4-7,10,18H,3,8-9H2,1-2H3. The second-order valence-corrected chi connectivity index (χ2v) is 4.60. The van der Waals surface area contributed by atoms with Crippen molar-refractivity contribution in [2.75, 3.05) is 13.2 Å². The van der Waals surface area contributed by atoms with Gasteiger partial charge in [-0.25, -0.2) is 0 Å². The number of alkyl halides is 3. The SMILES string of the molecule is C=C(CNC(C)C)COc1cccc(C(F)(F)F)c1. The van der Waals surface area contributed by atoms with Gasteiger partial charge in [0.15, 0.2) is 0 Å². The minimum atomic E-state index is -4.35. The van der Waals surface area contributed by atoms with Crippen molar-refractivity contribution in [2.24, 2.45) is 0 Å². The Kier molecular flexibility index (Phi) is 5.42. The molecule has 0 amide bonds. The lowest BCUT2D eigenvalue weighted by Gasteiger charge is -2.13. The molecule has 5 heteroatoms. The third-order valence-electron chi connectivity index (χ3n) is 2.36. The van der Waals surface area contributed by atoms with Crippen LogP contribution < -0.4 is 10.1 Å². The largest absolute Gasteiger partial charge is 0.489 e. The summed E-state index contributed by atoms with van der Waals surface area (Å²) in [5, 5.41) is 3.16. The zero-order valence-electron chi connectivity index (χ0n) is 11.1. The minimum Gasteiger partial charge on any atom is -0.489 e. The molecule has 0 unspecified atom stereocenters. The number of benzene rings is 1. The van der Waals surface area contributed by atoms with E-state index in [1.807, 2.05) is 13.8 Å². The zero-order valence-corrected chi connectivity index (χ0v) is 11.1. The van der Waals surface area contributed by atoms with Crippen molar-refractivity contribution in [1.82, 2.24) is 5.32 Å². The lowest BCUT2D eigenvalue weighted by molar-refractivity contribution is -0.137. The first-order valence-electron chi connectivity index (χ1n) is 5.99. The van der Waals surface area contributed by atoms with Gasteiger partial charge in [-0.15, -0.1) is 0 Å². The Morgan fingerprint density at radius 2 is 2.05 bits per heavy atom. The highest BCUT2D eigenvalue weighted by atomic mass is 19.4. The molecule has 2 nitrogen and oxygen atoms in total. The fourth-order valence-electron chi connectivity index (χ4n) is 1.35. The van der Waals surface area contributed by atoms with E-state index in [-0.39, 0.29) is 12.4 Å². The Balaban J connectivity index is 2.52. The molecule has 1 N–H and O–H groups in total. The van der Waals surface area contributed by atoms with Crippen molar-refractivity contribution in [2.45, 2.75) is 26.1 Å². The number of ether oxygens (including phenoxy) is 1. The molecule has 0 saturated heterocycles. The molecule has 1 aromatic carbocycles. The molecule has 0 heterocycles. The van der Waals surface area contributed by atoms with Crippen molar-refractivity contribution >= 4 is 0 Å². The number of hydrogen-bond acceptors (Lipinski definition) is 2. The predicted molar refractivity (Wildman–Crippen MR) is 69.2 cm³/mol. The number of rotatable bonds is 6. The smallest absolute Gasteiger partial charge is 0.416 e. The molecule has 1 aromatic rings. The van der Waals surface area contributed by atoms with E-state index in [0.717, 1.165) is 17.7 Å². The molecule has 0 aliphatic rings. The van der Waals surface area contributed by atoms with E-state index >= 15 is 0 Å². The first-order chi connectivity index (χ1) is 8.79. The lowest BCUT2D eigenvalue weighted by Crippen LogP contribution is -2.26. The highest BCUT2D eigenvalue weighted by Gasteiger charge is 2.30. The maximum Gasteiger partial charge on any atom is 0.416 e. The predicted octanol–water partition coefficient (Wildman–Crippen LogP) is 3.64. The summed E-state index contributed by atoms with van der Waals surface area (Å²) >= 11 is 0. The van der Waals surface area contributed by atoms with E-state index in [4.69, 9.17) is 4.74 Å². The van der Waals surface area contributed by atoms with Crippen molar-refractivity contribution < 1.29 is 17.9 Å². The number of hydrogen-bond donors (Lipinski definition) is 1. The molecule has 0 aromatic heterocycles. The monoisotopic (exact) mass is 273 g/mol. The van der Waals surface area contributed by atoms with Gasteiger partial charge in [-0.1, -0.05) is 26.5 Å². The molecular formula is C14H18F3NO. The summed E-state index contributed by atoms with van der Waals surface area (Å²) < 4.78 is 42.8. The van der Waals surface area contributed by atoms with Crippen molar-refractivity contribution in [1.29, 1.82) is 0 Å². The second-order valence-electron chi connectivity index (χ2n) is 4.60. The third-order valence-corrected chi connectivity index (χ3v) is 2.36. The molecule has 106 valence electrons. The van der Waals surface area contributed by atoms with Crippen LogP contribution in [0, 0.1) is 0 Å². The van der Waals surface area contributed by atoms with Crippen LogP contribution in [0.15, 0.2) is 36.4 Å². The van der Waals surface area contributed by atoms with Crippen LogP contribution in [0.1, 0.15) is 19.4 Å². The fourth-order valence-corrected chi connectivity index (χ4v) is 1.35. The van der Waals surface area contributed by atoms with Crippen molar-refractivity contribution in [3.63, 3.8) is 0 Å². The van der Waals surface area contributed by atoms with Gasteiger partial charge in [0.05, 0.1) is 5.56 Å². The summed E-state index contributed by atoms with van der Waals surface area (Å²) in [6, 6.07) is 5.15. The van der Waals surface area contributed by atoms with Gasteiger partial charge in [0, 0.05) is 12.6 Å². The van der Waals surface area contributed by atoms with E-state index in [0.29, 0.717) is 12.6 Å². The summed E-state index contributed by atoms with van der Waals surface area (Å²) in [4.78, 5) is 0. The van der Waals surface area contributed by atoms with E-state index in [1.54, 1.807) is 0 Å². The molecule has 19 heavy (non-hydrogen) atoms. The van der Waals surface area contributed by atoms with Crippen LogP contribution in [-0.2, 0) is 6.18 Å². The van der Waals surface area contributed by atoms with Crippen LogP contribution >= 0.6 is 0 Å². The van der Waals surface area contributed by atoms with E-state index in [2.05, 4.69) is 11.9 Å². The Morgan fingerprint density at radius 3 is 2.63 bits per heavy atom. The number of nitrogens with one attached hydrogen (secondary N) is 1. The Labute approximate surface area is 111 Å². The van der Waals surface area contributed by atoms with Gasteiger partial charge in [-0.05, 0) is 23.8 Å². The number of halogens is 3. The highest BCUT2D eigenvalue weighted by Crippen LogP contribution is 2.31. The van der Waals surface area contributed by atoms with Crippen LogP contribution in [0.2, 0.25) is 0 Å². The maximum absolute atomic E-state index is 12.5. The molecule has 0 saturated carbocycles. The fraction of sp³-hybridized carbons (Fsp3) is 0.429. The van der Waals surface area contributed by atoms with E-state index < -0.39 is 11.7 Å². The molecule has 0 aliphatic heterocycles. The zero-order chi connectivity index (χ0) is 14.5. The van der Waals surface area contributed by atoms with E-state index in [9.17, 15) is 13.2 Å².